The van der Waals surface area contributed by atoms with Crippen LogP contribution in [-0.4, -0.2) is 30.9 Å². The first kappa shape index (κ1) is 11.9. The maximum Gasteiger partial charge on any atom is 0.150 e. The van der Waals surface area contributed by atoms with E-state index in [1.54, 1.807) is 0 Å². The molecule has 0 spiro atoms. The van der Waals surface area contributed by atoms with Gasteiger partial charge in [-0.15, -0.1) is 0 Å². The molecular weight excluding hydrogens is 292 g/mol. The zero-order chi connectivity index (χ0) is 11.6. The number of rotatable bonds is 2. The first-order valence-electron chi connectivity index (χ1n) is 5.15. The van der Waals surface area contributed by atoms with Crippen molar-refractivity contribution >= 4 is 31.6 Å². The topological polar surface area (TPSA) is 59.1 Å². The van der Waals surface area contributed by atoms with Crippen molar-refractivity contribution in [2.24, 2.45) is 0 Å². The average Bonchev–Trinajstić information content (AvgIpc) is 2.21. The van der Waals surface area contributed by atoms with Gasteiger partial charge in [0.15, 0.2) is 0 Å². The number of pyridine rings is 1. The van der Waals surface area contributed by atoms with Gasteiger partial charge >= 0.3 is 0 Å². The number of hydrogen-bond donors (Lipinski definition) is 1. The number of halogens is 1. The minimum absolute atomic E-state index is 0.213. The summed E-state index contributed by atoms with van der Waals surface area (Å²) >= 11 is 3.30. The summed E-state index contributed by atoms with van der Waals surface area (Å²) in [5.74, 6) is 1.34. The van der Waals surface area contributed by atoms with Gasteiger partial charge in [0.05, 0.1) is 11.5 Å². The Labute approximate surface area is 104 Å². The largest absolute Gasteiger partial charge is 0.367 e. The second-order valence-corrected chi connectivity index (χ2v) is 7.03. The van der Waals surface area contributed by atoms with Crippen molar-refractivity contribution in [3.8, 4) is 0 Å². The molecule has 0 atom stereocenters. The van der Waals surface area contributed by atoms with E-state index in [1.165, 1.54) is 0 Å². The van der Waals surface area contributed by atoms with Crippen LogP contribution in [0.2, 0.25) is 0 Å². The van der Waals surface area contributed by atoms with Crippen LogP contribution in [0.5, 0.6) is 0 Å². The Hall–Kier alpha value is -0.620. The van der Waals surface area contributed by atoms with E-state index in [9.17, 15) is 8.42 Å². The van der Waals surface area contributed by atoms with E-state index < -0.39 is 9.84 Å². The van der Waals surface area contributed by atoms with Crippen LogP contribution in [0.25, 0.3) is 0 Å². The molecule has 1 aliphatic rings. The fourth-order valence-electron chi connectivity index (χ4n) is 1.73. The summed E-state index contributed by atoms with van der Waals surface area (Å²) in [4.78, 5) is 4.26. The highest BCUT2D eigenvalue weighted by Gasteiger charge is 2.23. The zero-order valence-corrected chi connectivity index (χ0v) is 11.1. The van der Waals surface area contributed by atoms with Crippen LogP contribution in [0, 0.1) is 0 Å². The molecule has 1 aromatic heterocycles. The van der Waals surface area contributed by atoms with Crippen molar-refractivity contribution in [3.05, 3.63) is 22.8 Å². The minimum Gasteiger partial charge on any atom is -0.367 e. The lowest BCUT2D eigenvalue weighted by atomic mass is 10.1. The molecule has 0 saturated carbocycles. The highest BCUT2D eigenvalue weighted by Crippen LogP contribution is 2.17. The van der Waals surface area contributed by atoms with Gasteiger partial charge in [-0.05, 0) is 40.9 Å². The van der Waals surface area contributed by atoms with E-state index in [4.69, 9.17) is 0 Å². The Morgan fingerprint density at radius 1 is 1.31 bits per heavy atom. The Balaban J connectivity index is 1.97. The van der Waals surface area contributed by atoms with Crippen molar-refractivity contribution in [1.29, 1.82) is 0 Å². The summed E-state index contributed by atoms with van der Waals surface area (Å²) in [5, 5.41) is 3.25. The standard InChI is InChI=1S/C10H13BrN2O2S/c11-9-2-1-3-10(13-9)12-8-4-6-16(14,15)7-5-8/h1-3,8H,4-7H2,(H,12,13). The molecule has 2 heterocycles. The van der Waals surface area contributed by atoms with Crippen molar-refractivity contribution in [3.63, 3.8) is 0 Å². The molecule has 1 fully saturated rings. The zero-order valence-electron chi connectivity index (χ0n) is 8.69. The number of nitrogens with zero attached hydrogens (tertiary/aromatic N) is 1. The smallest absolute Gasteiger partial charge is 0.150 e. The Morgan fingerprint density at radius 3 is 2.62 bits per heavy atom. The van der Waals surface area contributed by atoms with Crippen molar-refractivity contribution < 1.29 is 8.42 Å². The lowest BCUT2D eigenvalue weighted by Crippen LogP contribution is -2.32. The molecule has 0 unspecified atom stereocenters. The van der Waals surface area contributed by atoms with Crippen molar-refractivity contribution in [2.75, 3.05) is 16.8 Å². The summed E-state index contributed by atoms with van der Waals surface area (Å²) in [6, 6.07) is 5.86. The van der Waals surface area contributed by atoms with Gasteiger partial charge in [-0.25, -0.2) is 13.4 Å². The lowest BCUT2D eigenvalue weighted by Gasteiger charge is -2.23. The van der Waals surface area contributed by atoms with Crippen molar-refractivity contribution in [1.82, 2.24) is 4.98 Å². The average molecular weight is 305 g/mol. The molecule has 4 nitrogen and oxygen atoms in total. The monoisotopic (exact) mass is 304 g/mol. The third kappa shape index (κ3) is 3.18. The molecular formula is C10H13BrN2O2S. The molecule has 16 heavy (non-hydrogen) atoms. The normalized spacial score (nSPS) is 20.6. The summed E-state index contributed by atoms with van der Waals surface area (Å²) in [6.45, 7) is 0. The molecule has 0 bridgehead atoms. The van der Waals surface area contributed by atoms with Gasteiger partial charge < -0.3 is 5.32 Å². The molecule has 1 aliphatic heterocycles. The molecule has 1 saturated heterocycles. The van der Waals surface area contributed by atoms with E-state index in [1.807, 2.05) is 18.2 Å². The van der Waals surface area contributed by atoms with Crippen LogP contribution in [0.3, 0.4) is 0 Å². The fraction of sp³-hybridized carbons (Fsp3) is 0.500. The van der Waals surface area contributed by atoms with Crippen LogP contribution in [0.15, 0.2) is 22.8 Å². The summed E-state index contributed by atoms with van der Waals surface area (Å²) in [6.07, 6.45) is 1.33. The molecule has 6 heteroatoms. The van der Waals surface area contributed by atoms with Gasteiger partial charge in [0, 0.05) is 6.04 Å². The van der Waals surface area contributed by atoms with Crippen LogP contribution >= 0.6 is 15.9 Å². The second-order valence-electron chi connectivity index (χ2n) is 3.92. The molecule has 0 amide bonds. The quantitative estimate of drug-likeness (QED) is 0.847. The predicted octanol–water partition coefficient (Wildman–Crippen LogP) is 1.83. The summed E-state index contributed by atoms with van der Waals surface area (Å²) < 4.78 is 23.3. The van der Waals surface area contributed by atoms with E-state index in [2.05, 4.69) is 26.2 Å². The SMILES string of the molecule is O=S1(=O)CCC(Nc2cccc(Br)n2)CC1. The maximum absolute atomic E-state index is 11.3. The van der Waals surface area contributed by atoms with Gasteiger partial charge in [-0.3, -0.25) is 0 Å². The molecule has 2 rings (SSSR count). The molecule has 0 aromatic carbocycles. The highest BCUT2D eigenvalue weighted by atomic mass is 79.9. The molecule has 0 radical (unpaired) electrons. The number of nitrogens with one attached hydrogen (secondary N) is 1. The number of hydrogen-bond acceptors (Lipinski definition) is 4. The number of aromatic nitrogens is 1. The Morgan fingerprint density at radius 2 is 2.00 bits per heavy atom. The number of anilines is 1. The third-order valence-electron chi connectivity index (χ3n) is 2.62. The van der Waals surface area contributed by atoms with Gasteiger partial charge in [0.25, 0.3) is 0 Å². The van der Waals surface area contributed by atoms with Crippen LogP contribution < -0.4 is 5.32 Å². The van der Waals surface area contributed by atoms with E-state index in [0.717, 1.165) is 10.4 Å². The first-order valence-corrected chi connectivity index (χ1v) is 7.76. The van der Waals surface area contributed by atoms with E-state index >= 15 is 0 Å². The summed E-state index contributed by atoms with van der Waals surface area (Å²) in [5.41, 5.74) is 0. The molecule has 0 aliphatic carbocycles. The Kier molecular flexibility index (Phi) is 3.49. The fourth-order valence-corrected chi connectivity index (χ4v) is 3.57. The van der Waals surface area contributed by atoms with Crippen LogP contribution in [-0.2, 0) is 9.84 Å². The van der Waals surface area contributed by atoms with Crippen LogP contribution in [0.1, 0.15) is 12.8 Å². The van der Waals surface area contributed by atoms with Gasteiger partial charge in [0.2, 0.25) is 0 Å². The summed E-state index contributed by atoms with van der Waals surface area (Å²) in [7, 11) is -2.79. The minimum atomic E-state index is -2.79. The van der Waals surface area contributed by atoms with E-state index in [-0.39, 0.29) is 17.5 Å². The molecule has 88 valence electrons. The van der Waals surface area contributed by atoms with E-state index in [0.29, 0.717) is 12.8 Å². The van der Waals surface area contributed by atoms with Crippen molar-refractivity contribution in [2.45, 2.75) is 18.9 Å². The molecule has 1 N–H and O–H groups in total. The first-order chi connectivity index (χ1) is 7.55. The predicted molar refractivity (Wildman–Crippen MR) is 67.2 cm³/mol. The second kappa shape index (κ2) is 4.71. The lowest BCUT2D eigenvalue weighted by molar-refractivity contribution is 0.559. The molecule has 1 aromatic rings. The third-order valence-corrected chi connectivity index (χ3v) is 4.78. The van der Waals surface area contributed by atoms with Gasteiger partial charge in [-0.1, -0.05) is 6.07 Å². The highest BCUT2D eigenvalue weighted by molar-refractivity contribution is 9.10. The van der Waals surface area contributed by atoms with Gasteiger partial charge in [-0.2, -0.15) is 0 Å². The number of sulfone groups is 1. The van der Waals surface area contributed by atoms with Gasteiger partial charge in [0.1, 0.15) is 20.3 Å². The Bertz CT molecular complexity index is 461. The maximum atomic E-state index is 11.3. The van der Waals surface area contributed by atoms with Crippen LogP contribution in [0.4, 0.5) is 5.82 Å².